The molecular weight excluding hydrogens is 461 g/mol. The summed E-state index contributed by atoms with van der Waals surface area (Å²) in [7, 11) is 1.52. The Morgan fingerprint density at radius 3 is 2.52 bits per heavy atom. The summed E-state index contributed by atoms with van der Waals surface area (Å²) in [5.74, 6) is -0.579. The highest BCUT2D eigenvalue weighted by Gasteiger charge is 2.14. The Bertz CT molecular complexity index is 849. The number of methoxy groups -OCH3 is 1. The van der Waals surface area contributed by atoms with Crippen LogP contribution in [0.4, 0.5) is 0 Å². The minimum atomic E-state index is -1.22. The molecule has 2 aromatic rings. The first-order chi connectivity index (χ1) is 12.9. The molecule has 0 bridgehead atoms. The van der Waals surface area contributed by atoms with Crippen LogP contribution in [0.5, 0.6) is 11.5 Å². The topological polar surface area (TPSA) is 84.9 Å². The fourth-order valence-electron chi connectivity index (χ4n) is 2.39. The number of ether oxygens (including phenoxy) is 2. The summed E-state index contributed by atoms with van der Waals surface area (Å²) in [6, 6.07) is 13.4. The normalized spacial score (nSPS) is 11.0. The number of carbonyl (C=O) groups excluding carboxylic acids is 1. The number of carboxylic acid groups (broad SMARTS) is 1. The lowest BCUT2D eigenvalue weighted by molar-refractivity contribution is -0.134. The highest BCUT2D eigenvalue weighted by Crippen LogP contribution is 2.34. The van der Waals surface area contributed by atoms with Crippen molar-refractivity contribution in [3.8, 4) is 11.5 Å². The van der Waals surface area contributed by atoms with Crippen LogP contribution in [-0.4, -0.2) is 30.7 Å². The van der Waals surface area contributed by atoms with E-state index >= 15 is 0 Å². The average molecular weight is 481 g/mol. The SMILES string of the molecule is COc1cc(/C=C(/NC(C)=O)C(=O)O)cc(I)c1OCCc1ccccc1. The molecule has 142 valence electrons. The van der Waals surface area contributed by atoms with Gasteiger partial charge in [0.25, 0.3) is 0 Å². The lowest BCUT2D eigenvalue weighted by Crippen LogP contribution is -2.24. The number of benzene rings is 2. The number of aliphatic carboxylic acids is 1. The third-order valence-corrected chi connectivity index (χ3v) is 4.39. The fourth-order valence-corrected chi connectivity index (χ4v) is 3.17. The van der Waals surface area contributed by atoms with E-state index in [9.17, 15) is 14.7 Å². The van der Waals surface area contributed by atoms with Gasteiger partial charge in [-0.25, -0.2) is 4.79 Å². The van der Waals surface area contributed by atoms with Gasteiger partial charge in [-0.1, -0.05) is 30.3 Å². The maximum absolute atomic E-state index is 11.3. The van der Waals surface area contributed by atoms with Gasteiger partial charge < -0.3 is 19.9 Å². The third-order valence-electron chi connectivity index (χ3n) is 3.58. The van der Waals surface area contributed by atoms with Crippen LogP contribution in [0.1, 0.15) is 18.1 Å². The third kappa shape index (κ3) is 6.28. The Labute approximate surface area is 171 Å². The van der Waals surface area contributed by atoms with Gasteiger partial charge in [-0.05, 0) is 51.9 Å². The number of carbonyl (C=O) groups is 2. The Morgan fingerprint density at radius 2 is 1.93 bits per heavy atom. The highest BCUT2D eigenvalue weighted by atomic mass is 127. The van der Waals surface area contributed by atoms with Crippen LogP contribution in [0.3, 0.4) is 0 Å². The van der Waals surface area contributed by atoms with Gasteiger partial charge in [-0.2, -0.15) is 0 Å². The first-order valence-corrected chi connectivity index (χ1v) is 9.25. The van der Waals surface area contributed by atoms with Crippen molar-refractivity contribution in [3.05, 3.63) is 62.9 Å². The van der Waals surface area contributed by atoms with Gasteiger partial charge >= 0.3 is 5.97 Å². The molecule has 0 spiro atoms. The van der Waals surface area contributed by atoms with E-state index in [1.54, 1.807) is 12.1 Å². The molecule has 2 N–H and O–H groups in total. The average Bonchev–Trinajstić information content (AvgIpc) is 2.63. The van der Waals surface area contributed by atoms with E-state index in [1.165, 1.54) is 25.7 Å². The molecule has 0 atom stereocenters. The van der Waals surface area contributed by atoms with Gasteiger partial charge in [0.05, 0.1) is 17.3 Å². The summed E-state index contributed by atoms with van der Waals surface area (Å²) in [5.41, 5.74) is 1.54. The smallest absolute Gasteiger partial charge is 0.352 e. The second-order valence-corrected chi connectivity index (χ2v) is 6.82. The van der Waals surface area contributed by atoms with Crippen LogP contribution in [-0.2, 0) is 16.0 Å². The monoisotopic (exact) mass is 481 g/mol. The molecule has 0 aliphatic heterocycles. The van der Waals surface area contributed by atoms with Crippen LogP contribution in [0.2, 0.25) is 0 Å². The van der Waals surface area contributed by atoms with Gasteiger partial charge in [0.1, 0.15) is 5.70 Å². The van der Waals surface area contributed by atoms with Crippen molar-refractivity contribution in [3.63, 3.8) is 0 Å². The minimum Gasteiger partial charge on any atom is -0.493 e. The zero-order chi connectivity index (χ0) is 19.8. The van der Waals surface area contributed by atoms with E-state index in [4.69, 9.17) is 9.47 Å². The van der Waals surface area contributed by atoms with Crippen LogP contribution >= 0.6 is 22.6 Å². The molecule has 27 heavy (non-hydrogen) atoms. The maximum Gasteiger partial charge on any atom is 0.352 e. The number of rotatable bonds is 8. The first kappa shape index (κ1) is 20.8. The number of hydrogen-bond acceptors (Lipinski definition) is 4. The van der Waals surface area contributed by atoms with Crippen molar-refractivity contribution in [2.45, 2.75) is 13.3 Å². The Balaban J connectivity index is 2.20. The standard InChI is InChI=1S/C20H20INO5/c1-13(23)22-17(20(24)25)11-15-10-16(21)19(18(12-15)26-2)27-9-8-14-6-4-3-5-7-14/h3-7,10-12H,8-9H2,1-2H3,(H,22,23)(H,24,25)/b17-11+. The van der Waals surface area contributed by atoms with E-state index in [0.717, 1.165) is 9.99 Å². The molecule has 0 saturated heterocycles. The largest absolute Gasteiger partial charge is 0.493 e. The molecule has 7 heteroatoms. The number of nitrogens with one attached hydrogen (secondary N) is 1. The van der Waals surface area contributed by atoms with Gasteiger partial charge in [-0.3, -0.25) is 4.79 Å². The van der Waals surface area contributed by atoms with Crippen molar-refractivity contribution >= 4 is 40.5 Å². The number of halogens is 1. The molecule has 6 nitrogen and oxygen atoms in total. The highest BCUT2D eigenvalue weighted by molar-refractivity contribution is 14.1. The van der Waals surface area contributed by atoms with Crippen molar-refractivity contribution in [2.24, 2.45) is 0 Å². The second kappa shape index (κ2) is 9.96. The second-order valence-electron chi connectivity index (χ2n) is 5.66. The lowest BCUT2D eigenvalue weighted by atomic mass is 10.1. The molecule has 0 aromatic heterocycles. The van der Waals surface area contributed by atoms with Crippen molar-refractivity contribution in [2.75, 3.05) is 13.7 Å². The summed E-state index contributed by atoms with van der Waals surface area (Å²) in [6.07, 6.45) is 2.13. The van der Waals surface area contributed by atoms with Gasteiger partial charge in [-0.15, -0.1) is 0 Å². The molecule has 2 rings (SSSR count). The quantitative estimate of drug-likeness (QED) is 0.446. The predicted molar refractivity (Wildman–Crippen MR) is 111 cm³/mol. The zero-order valence-electron chi connectivity index (χ0n) is 15.0. The van der Waals surface area contributed by atoms with Crippen molar-refractivity contribution in [1.82, 2.24) is 5.32 Å². The van der Waals surface area contributed by atoms with Crippen molar-refractivity contribution < 1.29 is 24.2 Å². The van der Waals surface area contributed by atoms with E-state index in [2.05, 4.69) is 27.9 Å². The number of hydrogen-bond donors (Lipinski definition) is 2. The molecule has 0 saturated carbocycles. The predicted octanol–water partition coefficient (Wildman–Crippen LogP) is 3.48. The molecule has 2 aromatic carbocycles. The molecular formula is C20H20INO5. The summed E-state index contributed by atoms with van der Waals surface area (Å²) in [5, 5.41) is 11.5. The molecule has 0 aliphatic carbocycles. The van der Waals surface area contributed by atoms with Gasteiger partial charge in [0.15, 0.2) is 11.5 Å². The van der Waals surface area contributed by atoms with E-state index < -0.39 is 11.9 Å². The Kier molecular flexibility index (Phi) is 7.66. The molecule has 1 amide bonds. The Hall–Kier alpha value is -2.55. The fraction of sp³-hybridized carbons (Fsp3) is 0.200. The van der Waals surface area contributed by atoms with Crippen molar-refractivity contribution in [1.29, 1.82) is 0 Å². The van der Waals surface area contributed by atoms with Crippen LogP contribution < -0.4 is 14.8 Å². The van der Waals surface area contributed by atoms with Gasteiger partial charge in [0.2, 0.25) is 5.91 Å². The lowest BCUT2D eigenvalue weighted by Gasteiger charge is -2.14. The molecule has 0 unspecified atom stereocenters. The summed E-state index contributed by atoms with van der Waals surface area (Å²) in [6.45, 7) is 1.74. The van der Waals surface area contributed by atoms with E-state index in [0.29, 0.717) is 23.7 Å². The zero-order valence-corrected chi connectivity index (χ0v) is 17.1. The van der Waals surface area contributed by atoms with Crippen LogP contribution in [0.25, 0.3) is 6.08 Å². The van der Waals surface area contributed by atoms with E-state index in [1.807, 2.05) is 30.3 Å². The molecule has 0 fully saturated rings. The summed E-state index contributed by atoms with van der Waals surface area (Å²) in [4.78, 5) is 22.4. The summed E-state index contributed by atoms with van der Waals surface area (Å²) >= 11 is 2.11. The summed E-state index contributed by atoms with van der Waals surface area (Å²) < 4.78 is 12.1. The van der Waals surface area contributed by atoms with Gasteiger partial charge in [0, 0.05) is 13.3 Å². The molecule has 0 heterocycles. The Morgan fingerprint density at radius 1 is 1.22 bits per heavy atom. The number of amides is 1. The van der Waals surface area contributed by atoms with Crippen LogP contribution in [0, 0.1) is 3.57 Å². The van der Waals surface area contributed by atoms with Crippen LogP contribution in [0.15, 0.2) is 48.2 Å². The number of carboxylic acids is 1. The molecule has 0 aliphatic rings. The molecule has 0 radical (unpaired) electrons. The maximum atomic E-state index is 11.3. The van der Waals surface area contributed by atoms with E-state index in [-0.39, 0.29) is 5.70 Å². The minimum absolute atomic E-state index is 0.210. The first-order valence-electron chi connectivity index (χ1n) is 8.17.